The summed E-state index contributed by atoms with van der Waals surface area (Å²) in [4.78, 5) is 2.37. The van der Waals surface area contributed by atoms with Crippen LogP contribution in [0, 0.1) is 0 Å². The van der Waals surface area contributed by atoms with Gasteiger partial charge in [0.2, 0.25) is 0 Å². The van der Waals surface area contributed by atoms with Crippen LogP contribution in [0.25, 0.3) is 0 Å². The van der Waals surface area contributed by atoms with E-state index >= 15 is 0 Å². The Morgan fingerprint density at radius 1 is 1.41 bits per heavy atom. The van der Waals surface area contributed by atoms with Crippen LogP contribution >= 0.6 is 11.6 Å². The first-order valence-electron chi connectivity index (χ1n) is 6.02. The summed E-state index contributed by atoms with van der Waals surface area (Å²) < 4.78 is 5.25. The van der Waals surface area contributed by atoms with Gasteiger partial charge in [0.1, 0.15) is 5.75 Å². The van der Waals surface area contributed by atoms with E-state index in [1.807, 2.05) is 12.1 Å². The normalized spacial score (nSPS) is 21.1. The van der Waals surface area contributed by atoms with Crippen LogP contribution in [0.4, 0.5) is 5.69 Å². The summed E-state index contributed by atoms with van der Waals surface area (Å²) in [7, 11) is 1.65. The molecule has 1 saturated heterocycles. The smallest absolute Gasteiger partial charge is 0.139 e. The third-order valence-electron chi connectivity index (χ3n) is 3.21. The Bertz CT molecular complexity index is 384. The van der Waals surface area contributed by atoms with Gasteiger partial charge in [0.05, 0.1) is 12.1 Å². The van der Waals surface area contributed by atoms with Crippen molar-refractivity contribution in [3.05, 3.63) is 23.2 Å². The zero-order valence-corrected chi connectivity index (χ0v) is 11.1. The van der Waals surface area contributed by atoms with Crippen molar-refractivity contribution in [3.8, 4) is 5.75 Å². The van der Waals surface area contributed by atoms with Crippen molar-refractivity contribution in [2.24, 2.45) is 0 Å². The van der Waals surface area contributed by atoms with E-state index in [0.29, 0.717) is 11.1 Å². The Balaban J connectivity index is 2.15. The zero-order chi connectivity index (χ0) is 12.3. The van der Waals surface area contributed by atoms with Crippen molar-refractivity contribution in [1.29, 1.82) is 0 Å². The molecule has 17 heavy (non-hydrogen) atoms. The summed E-state index contributed by atoms with van der Waals surface area (Å²) in [5.41, 5.74) is 1.18. The SMILES string of the molecule is COc1cc(N2CCNC(C)CC2)ccc1Cl. The van der Waals surface area contributed by atoms with E-state index in [1.54, 1.807) is 7.11 Å². The molecule has 1 heterocycles. The van der Waals surface area contributed by atoms with Gasteiger partial charge in [0.25, 0.3) is 0 Å². The van der Waals surface area contributed by atoms with Gasteiger partial charge in [-0.05, 0) is 25.5 Å². The lowest BCUT2D eigenvalue weighted by Gasteiger charge is -2.23. The van der Waals surface area contributed by atoms with Gasteiger partial charge in [-0.2, -0.15) is 0 Å². The van der Waals surface area contributed by atoms with E-state index in [1.165, 1.54) is 5.69 Å². The van der Waals surface area contributed by atoms with Gasteiger partial charge in [-0.1, -0.05) is 11.6 Å². The van der Waals surface area contributed by atoms with E-state index in [4.69, 9.17) is 16.3 Å². The average molecular weight is 255 g/mol. The number of nitrogens with one attached hydrogen (secondary N) is 1. The highest BCUT2D eigenvalue weighted by atomic mass is 35.5. The Labute approximate surface area is 108 Å². The molecule has 1 aromatic carbocycles. The third kappa shape index (κ3) is 3.05. The van der Waals surface area contributed by atoms with E-state index in [9.17, 15) is 0 Å². The second-order valence-corrected chi connectivity index (χ2v) is 4.86. The minimum atomic E-state index is 0.592. The van der Waals surface area contributed by atoms with Crippen LogP contribution in [0.3, 0.4) is 0 Å². The molecule has 1 fully saturated rings. The van der Waals surface area contributed by atoms with E-state index in [0.717, 1.165) is 31.8 Å². The Morgan fingerprint density at radius 3 is 3.00 bits per heavy atom. The van der Waals surface area contributed by atoms with Crippen LogP contribution in [-0.4, -0.2) is 32.8 Å². The maximum absolute atomic E-state index is 6.03. The van der Waals surface area contributed by atoms with Gasteiger partial charge in [-0.15, -0.1) is 0 Å². The van der Waals surface area contributed by atoms with E-state index in [-0.39, 0.29) is 0 Å². The van der Waals surface area contributed by atoms with Crippen molar-refractivity contribution in [2.45, 2.75) is 19.4 Å². The largest absolute Gasteiger partial charge is 0.495 e. The lowest BCUT2D eigenvalue weighted by molar-refractivity contribution is 0.415. The van der Waals surface area contributed by atoms with Gasteiger partial charge >= 0.3 is 0 Å². The summed E-state index contributed by atoms with van der Waals surface area (Å²) in [6.45, 7) is 5.34. The van der Waals surface area contributed by atoms with Crippen molar-refractivity contribution in [3.63, 3.8) is 0 Å². The van der Waals surface area contributed by atoms with Crippen molar-refractivity contribution in [2.75, 3.05) is 31.6 Å². The molecule has 1 aliphatic heterocycles. The summed E-state index contributed by atoms with van der Waals surface area (Å²) in [5.74, 6) is 0.745. The molecule has 0 amide bonds. The van der Waals surface area contributed by atoms with Crippen LogP contribution < -0.4 is 15.0 Å². The number of benzene rings is 1. The van der Waals surface area contributed by atoms with Gasteiger partial charge in [-0.3, -0.25) is 0 Å². The summed E-state index contributed by atoms with van der Waals surface area (Å²) >= 11 is 6.03. The number of ether oxygens (including phenoxy) is 1. The Kier molecular flexibility index (Phi) is 4.13. The fourth-order valence-electron chi connectivity index (χ4n) is 2.11. The number of hydrogen-bond donors (Lipinski definition) is 1. The number of hydrogen-bond acceptors (Lipinski definition) is 3. The molecule has 2 rings (SSSR count). The first-order chi connectivity index (χ1) is 8.20. The van der Waals surface area contributed by atoms with Crippen molar-refractivity contribution in [1.82, 2.24) is 5.32 Å². The van der Waals surface area contributed by atoms with Crippen LogP contribution in [-0.2, 0) is 0 Å². The number of rotatable bonds is 2. The van der Waals surface area contributed by atoms with E-state index in [2.05, 4.69) is 23.2 Å². The highest BCUT2D eigenvalue weighted by Crippen LogP contribution is 2.29. The fourth-order valence-corrected chi connectivity index (χ4v) is 2.31. The number of anilines is 1. The van der Waals surface area contributed by atoms with Gasteiger partial charge in [0, 0.05) is 37.4 Å². The molecule has 1 aromatic rings. The third-order valence-corrected chi connectivity index (χ3v) is 3.52. The summed E-state index contributed by atoms with van der Waals surface area (Å²) in [5, 5.41) is 4.15. The predicted octanol–water partition coefficient (Wildman–Crippen LogP) is 2.54. The molecule has 1 unspecified atom stereocenters. The Hall–Kier alpha value is -0.930. The molecule has 0 spiro atoms. The summed E-state index contributed by atoms with van der Waals surface area (Å²) in [6.07, 6.45) is 1.16. The molecule has 0 aromatic heterocycles. The topological polar surface area (TPSA) is 24.5 Å². The first-order valence-corrected chi connectivity index (χ1v) is 6.40. The minimum Gasteiger partial charge on any atom is -0.495 e. The van der Waals surface area contributed by atoms with Gasteiger partial charge < -0.3 is 15.0 Å². The highest BCUT2D eigenvalue weighted by Gasteiger charge is 2.14. The lowest BCUT2D eigenvalue weighted by atomic mass is 10.2. The molecule has 0 radical (unpaired) electrons. The van der Waals surface area contributed by atoms with Crippen LogP contribution in [0.1, 0.15) is 13.3 Å². The lowest BCUT2D eigenvalue weighted by Crippen LogP contribution is -2.28. The molecule has 0 bridgehead atoms. The monoisotopic (exact) mass is 254 g/mol. The molecular formula is C13H19ClN2O. The quantitative estimate of drug-likeness (QED) is 0.878. The predicted molar refractivity (Wildman–Crippen MR) is 72.3 cm³/mol. The molecule has 1 N–H and O–H groups in total. The molecule has 1 atom stereocenters. The molecule has 4 heteroatoms. The molecule has 1 aliphatic rings. The molecule has 94 valence electrons. The first kappa shape index (κ1) is 12.5. The standard InChI is InChI=1S/C13H19ClN2O/c1-10-5-7-16(8-6-15-10)11-3-4-12(14)13(9-11)17-2/h3-4,9-10,15H,5-8H2,1-2H3. The maximum atomic E-state index is 6.03. The number of methoxy groups -OCH3 is 1. The molecule has 0 saturated carbocycles. The van der Waals surface area contributed by atoms with Gasteiger partial charge in [0.15, 0.2) is 0 Å². The zero-order valence-electron chi connectivity index (χ0n) is 10.4. The van der Waals surface area contributed by atoms with Crippen LogP contribution in [0.5, 0.6) is 5.75 Å². The molecule has 0 aliphatic carbocycles. The fraction of sp³-hybridized carbons (Fsp3) is 0.538. The van der Waals surface area contributed by atoms with Crippen LogP contribution in [0.2, 0.25) is 5.02 Å². The van der Waals surface area contributed by atoms with E-state index < -0.39 is 0 Å². The minimum absolute atomic E-state index is 0.592. The maximum Gasteiger partial charge on any atom is 0.139 e. The number of nitrogens with zero attached hydrogens (tertiary/aromatic N) is 1. The second-order valence-electron chi connectivity index (χ2n) is 4.45. The summed E-state index contributed by atoms with van der Waals surface area (Å²) in [6, 6.07) is 6.56. The number of halogens is 1. The average Bonchev–Trinajstić information content (AvgIpc) is 2.55. The molecule has 3 nitrogen and oxygen atoms in total. The van der Waals surface area contributed by atoms with Gasteiger partial charge in [-0.25, -0.2) is 0 Å². The second kappa shape index (κ2) is 5.61. The Morgan fingerprint density at radius 2 is 2.24 bits per heavy atom. The van der Waals surface area contributed by atoms with Crippen molar-refractivity contribution >= 4 is 17.3 Å². The molecular weight excluding hydrogens is 236 g/mol. The van der Waals surface area contributed by atoms with Crippen LogP contribution in [0.15, 0.2) is 18.2 Å². The highest BCUT2D eigenvalue weighted by molar-refractivity contribution is 6.32. The van der Waals surface area contributed by atoms with Crippen molar-refractivity contribution < 1.29 is 4.74 Å².